The van der Waals surface area contributed by atoms with Gasteiger partial charge in [0.15, 0.2) is 0 Å². The lowest BCUT2D eigenvalue weighted by Gasteiger charge is -2.21. The summed E-state index contributed by atoms with van der Waals surface area (Å²) in [6.45, 7) is 5.95. The number of aliphatic carboxylic acids is 1. The highest BCUT2D eigenvalue weighted by Crippen LogP contribution is 2.27. The van der Waals surface area contributed by atoms with Crippen LogP contribution >= 0.6 is 0 Å². The standard InChI is InChI=1S/C15H20N2O2/c1-4-7-13-16-11-8-5-6-9-12(11)17(13)14(10(2)3)15(18)19/h5-6,8-10,14H,4,7H2,1-3H3,(H,18,19). The highest BCUT2D eigenvalue weighted by atomic mass is 16.4. The maximum Gasteiger partial charge on any atom is 0.327 e. The second-order valence-electron chi connectivity index (χ2n) is 5.16. The van der Waals surface area contributed by atoms with E-state index in [1.54, 1.807) is 0 Å². The summed E-state index contributed by atoms with van der Waals surface area (Å²) in [5.74, 6) is 0.0889. The van der Waals surface area contributed by atoms with Gasteiger partial charge in [0.2, 0.25) is 0 Å². The van der Waals surface area contributed by atoms with Gasteiger partial charge in [0, 0.05) is 6.42 Å². The second kappa shape index (κ2) is 5.43. The van der Waals surface area contributed by atoms with Gasteiger partial charge >= 0.3 is 5.97 Å². The second-order valence-corrected chi connectivity index (χ2v) is 5.16. The van der Waals surface area contributed by atoms with E-state index in [0.717, 1.165) is 29.7 Å². The Morgan fingerprint density at radius 3 is 2.63 bits per heavy atom. The topological polar surface area (TPSA) is 55.1 Å². The number of benzene rings is 1. The largest absolute Gasteiger partial charge is 0.480 e. The summed E-state index contributed by atoms with van der Waals surface area (Å²) >= 11 is 0. The van der Waals surface area contributed by atoms with Gasteiger partial charge in [-0.1, -0.05) is 32.9 Å². The number of fused-ring (bicyclic) bond motifs is 1. The van der Waals surface area contributed by atoms with Crippen LogP contribution in [-0.2, 0) is 11.2 Å². The molecule has 0 amide bonds. The molecule has 0 saturated heterocycles. The Hall–Kier alpha value is -1.84. The molecule has 0 spiro atoms. The first-order valence-corrected chi connectivity index (χ1v) is 6.75. The Kier molecular flexibility index (Phi) is 3.88. The van der Waals surface area contributed by atoms with Gasteiger partial charge in [-0.2, -0.15) is 0 Å². The van der Waals surface area contributed by atoms with Gasteiger partial charge in [-0.3, -0.25) is 0 Å². The van der Waals surface area contributed by atoms with E-state index in [9.17, 15) is 9.90 Å². The molecule has 4 heteroatoms. The molecule has 0 saturated carbocycles. The summed E-state index contributed by atoms with van der Waals surface area (Å²) in [6, 6.07) is 7.18. The van der Waals surface area contributed by atoms with Crippen LogP contribution in [-0.4, -0.2) is 20.6 Å². The highest BCUT2D eigenvalue weighted by molar-refractivity contribution is 5.80. The Labute approximate surface area is 113 Å². The van der Waals surface area contributed by atoms with E-state index in [1.165, 1.54) is 0 Å². The number of imidazole rings is 1. The van der Waals surface area contributed by atoms with E-state index in [0.29, 0.717) is 0 Å². The van der Waals surface area contributed by atoms with Crippen molar-refractivity contribution in [2.75, 3.05) is 0 Å². The summed E-state index contributed by atoms with van der Waals surface area (Å²) in [5.41, 5.74) is 1.78. The van der Waals surface area contributed by atoms with E-state index < -0.39 is 12.0 Å². The predicted molar refractivity (Wildman–Crippen MR) is 75.2 cm³/mol. The molecular weight excluding hydrogens is 240 g/mol. The van der Waals surface area contributed by atoms with Crippen LogP contribution in [0.25, 0.3) is 11.0 Å². The first-order valence-electron chi connectivity index (χ1n) is 6.75. The number of aromatic nitrogens is 2. The monoisotopic (exact) mass is 260 g/mol. The zero-order valence-corrected chi connectivity index (χ0v) is 11.6. The van der Waals surface area contributed by atoms with E-state index in [1.807, 2.05) is 42.7 Å². The summed E-state index contributed by atoms with van der Waals surface area (Å²) in [5, 5.41) is 9.52. The van der Waals surface area contributed by atoms with E-state index >= 15 is 0 Å². The molecule has 0 aliphatic heterocycles. The number of carboxylic acid groups (broad SMARTS) is 1. The van der Waals surface area contributed by atoms with Crippen LogP contribution in [0.2, 0.25) is 0 Å². The molecule has 1 aromatic carbocycles. The summed E-state index contributed by atoms with van der Waals surface area (Å²) in [4.78, 5) is 16.2. The van der Waals surface area contributed by atoms with Crippen molar-refractivity contribution in [2.45, 2.75) is 39.7 Å². The maximum atomic E-state index is 11.6. The molecule has 0 fully saturated rings. The fourth-order valence-corrected chi connectivity index (χ4v) is 2.50. The lowest BCUT2D eigenvalue weighted by atomic mass is 10.0. The van der Waals surface area contributed by atoms with Crippen LogP contribution in [0.15, 0.2) is 24.3 Å². The molecular formula is C15H20N2O2. The first-order chi connectivity index (χ1) is 9.06. The van der Waals surface area contributed by atoms with Crippen molar-refractivity contribution in [3.8, 4) is 0 Å². The normalized spacial score (nSPS) is 13.1. The molecule has 19 heavy (non-hydrogen) atoms. The SMILES string of the molecule is CCCc1nc2ccccc2n1C(C(=O)O)C(C)C. The average Bonchev–Trinajstić information content (AvgIpc) is 2.68. The fraction of sp³-hybridized carbons (Fsp3) is 0.467. The highest BCUT2D eigenvalue weighted by Gasteiger charge is 2.27. The van der Waals surface area contributed by atoms with Gasteiger partial charge in [0.1, 0.15) is 11.9 Å². The van der Waals surface area contributed by atoms with Crippen molar-refractivity contribution in [1.82, 2.24) is 9.55 Å². The van der Waals surface area contributed by atoms with Gasteiger partial charge in [0.25, 0.3) is 0 Å². The number of carboxylic acids is 1. The number of aryl methyl sites for hydroxylation is 1. The molecule has 1 unspecified atom stereocenters. The van der Waals surface area contributed by atoms with Crippen LogP contribution in [0.1, 0.15) is 39.1 Å². The molecule has 102 valence electrons. The minimum atomic E-state index is -0.796. The van der Waals surface area contributed by atoms with Crippen molar-refractivity contribution in [3.05, 3.63) is 30.1 Å². The zero-order chi connectivity index (χ0) is 14.0. The van der Waals surface area contributed by atoms with Crippen molar-refractivity contribution < 1.29 is 9.90 Å². The molecule has 0 aliphatic carbocycles. The first kappa shape index (κ1) is 13.6. The summed E-state index contributed by atoms with van der Waals surface area (Å²) in [7, 11) is 0. The van der Waals surface area contributed by atoms with Crippen molar-refractivity contribution in [2.24, 2.45) is 5.92 Å². The zero-order valence-electron chi connectivity index (χ0n) is 11.6. The molecule has 2 rings (SSSR count). The number of carbonyl (C=O) groups is 1. The smallest absolute Gasteiger partial charge is 0.327 e. The van der Waals surface area contributed by atoms with Crippen LogP contribution in [0, 0.1) is 5.92 Å². The van der Waals surface area contributed by atoms with Crippen LogP contribution in [0.4, 0.5) is 0 Å². The van der Waals surface area contributed by atoms with Gasteiger partial charge in [-0.05, 0) is 24.5 Å². The minimum absolute atomic E-state index is 0.0192. The van der Waals surface area contributed by atoms with Crippen molar-refractivity contribution in [1.29, 1.82) is 0 Å². The minimum Gasteiger partial charge on any atom is -0.480 e. The molecule has 1 aromatic heterocycles. The van der Waals surface area contributed by atoms with E-state index in [2.05, 4.69) is 11.9 Å². The molecule has 4 nitrogen and oxygen atoms in total. The Morgan fingerprint density at radius 2 is 2.05 bits per heavy atom. The summed E-state index contributed by atoms with van der Waals surface area (Å²) < 4.78 is 1.89. The fourth-order valence-electron chi connectivity index (χ4n) is 2.50. The Balaban J connectivity index is 2.67. The van der Waals surface area contributed by atoms with Gasteiger partial charge in [-0.15, -0.1) is 0 Å². The Bertz CT molecular complexity index is 587. The molecule has 0 bridgehead atoms. The quantitative estimate of drug-likeness (QED) is 0.897. The third-order valence-electron chi connectivity index (χ3n) is 3.31. The van der Waals surface area contributed by atoms with Gasteiger partial charge < -0.3 is 9.67 Å². The molecule has 0 aliphatic rings. The van der Waals surface area contributed by atoms with Crippen LogP contribution in [0.3, 0.4) is 0 Å². The maximum absolute atomic E-state index is 11.6. The third kappa shape index (κ3) is 2.48. The number of hydrogen-bond acceptors (Lipinski definition) is 2. The molecule has 2 aromatic rings. The van der Waals surface area contributed by atoms with Gasteiger partial charge in [-0.25, -0.2) is 9.78 Å². The van der Waals surface area contributed by atoms with Gasteiger partial charge in [0.05, 0.1) is 11.0 Å². The summed E-state index contributed by atoms with van der Waals surface area (Å²) in [6.07, 6.45) is 1.75. The number of nitrogens with zero attached hydrogens (tertiary/aromatic N) is 2. The lowest BCUT2D eigenvalue weighted by molar-refractivity contribution is -0.142. The van der Waals surface area contributed by atoms with Crippen molar-refractivity contribution in [3.63, 3.8) is 0 Å². The van der Waals surface area contributed by atoms with E-state index in [4.69, 9.17) is 0 Å². The molecule has 1 atom stereocenters. The van der Waals surface area contributed by atoms with E-state index in [-0.39, 0.29) is 5.92 Å². The molecule has 1 heterocycles. The lowest BCUT2D eigenvalue weighted by Crippen LogP contribution is -2.25. The predicted octanol–water partition coefficient (Wildman–Crippen LogP) is 3.27. The van der Waals surface area contributed by atoms with Crippen LogP contribution in [0.5, 0.6) is 0 Å². The van der Waals surface area contributed by atoms with Crippen LogP contribution < -0.4 is 0 Å². The van der Waals surface area contributed by atoms with Crippen molar-refractivity contribution >= 4 is 17.0 Å². The Morgan fingerprint density at radius 1 is 1.37 bits per heavy atom. The third-order valence-corrected chi connectivity index (χ3v) is 3.31. The number of rotatable bonds is 5. The number of hydrogen-bond donors (Lipinski definition) is 1. The number of para-hydroxylation sites is 2. The molecule has 1 N–H and O–H groups in total. The molecule has 0 radical (unpaired) electrons. The average molecular weight is 260 g/mol.